The molecule has 1 saturated heterocycles. The van der Waals surface area contributed by atoms with Gasteiger partial charge in [-0.2, -0.15) is 0 Å². The second-order valence-corrected chi connectivity index (χ2v) is 9.00. The molecule has 4 rings (SSSR count). The minimum absolute atomic E-state index is 0.0964. The molecule has 33 heavy (non-hydrogen) atoms. The molecule has 7 heteroatoms. The van der Waals surface area contributed by atoms with E-state index in [1.165, 1.54) is 5.56 Å². The monoisotopic (exact) mass is 447 g/mol. The molecule has 1 aromatic carbocycles. The Balaban J connectivity index is 1.27. The SMILES string of the molecule is CN(Cc1ccccc1)Cc1cc(CC2CNCCC2CC(=O)NCc2cccnc2)no1. The van der Waals surface area contributed by atoms with Crippen LogP contribution in [0.1, 0.15) is 35.4 Å². The Kier molecular flexibility index (Phi) is 8.22. The maximum absolute atomic E-state index is 12.6. The summed E-state index contributed by atoms with van der Waals surface area (Å²) in [6.07, 6.45) is 5.88. The first-order valence-corrected chi connectivity index (χ1v) is 11.7. The summed E-state index contributed by atoms with van der Waals surface area (Å²) in [5, 5.41) is 10.8. The van der Waals surface area contributed by atoms with E-state index in [2.05, 4.69) is 63.1 Å². The summed E-state index contributed by atoms with van der Waals surface area (Å²) in [7, 11) is 2.08. The van der Waals surface area contributed by atoms with Crippen molar-refractivity contribution < 1.29 is 9.32 Å². The number of aromatic nitrogens is 2. The van der Waals surface area contributed by atoms with Crippen LogP contribution in [0.3, 0.4) is 0 Å². The van der Waals surface area contributed by atoms with Crippen molar-refractivity contribution in [3.05, 3.63) is 83.5 Å². The van der Waals surface area contributed by atoms with Gasteiger partial charge in [-0.1, -0.05) is 41.6 Å². The Bertz CT molecular complexity index is 992. The number of piperidine rings is 1. The normalized spacial score (nSPS) is 18.4. The predicted molar refractivity (Wildman–Crippen MR) is 127 cm³/mol. The summed E-state index contributed by atoms with van der Waals surface area (Å²) < 4.78 is 5.62. The number of rotatable bonds is 10. The van der Waals surface area contributed by atoms with Gasteiger partial charge in [0.25, 0.3) is 0 Å². The molecule has 1 amide bonds. The van der Waals surface area contributed by atoms with E-state index in [1.807, 2.05) is 18.2 Å². The second-order valence-electron chi connectivity index (χ2n) is 9.00. The lowest BCUT2D eigenvalue weighted by Gasteiger charge is -2.31. The summed E-state index contributed by atoms with van der Waals surface area (Å²) in [6.45, 7) is 3.94. The van der Waals surface area contributed by atoms with Crippen molar-refractivity contribution in [3.63, 3.8) is 0 Å². The van der Waals surface area contributed by atoms with Crippen LogP contribution in [0.15, 0.2) is 65.4 Å². The number of pyridine rings is 1. The van der Waals surface area contributed by atoms with E-state index in [0.29, 0.717) is 31.3 Å². The Hall–Kier alpha value is -3.03. The van der Waals surface area contributed by atoms with E-state index in [0.717, 1.165) is 49.5 Å². The number of benzene rings is 1. The zero-order valence-corrected chi connectivity index (χ0v) is 19.2. The van der Waals surface area contributed by atoms with Crippen molar-refractivity contribution in [2.75, 3.05) is 20.1 Å². The highest BCUT2D eigenvalue weighted by molar-refractivity contribution is 5.76. The fourth-order valence-corrected chi connectivity index (χ4v) is 4.51. The molecule has 3 heterocycles. The van der Waals surface area contributed by atoms with Crippen LogP contribution in [-0.2, 0) is 30.8 Å². The van der Waals surface area contributed by atoms with Crippen LogP contribution in [0, 0.1) is 11.8 Å². The van der Waals surface area contributed by atoms with E-state index < -0.39 is 0 Å². The molecule has 2 unspecified atom stereocenters. The quantitative estimate of drug-likeness (QED) is 0.497. The van der Waals surface area contributed by atoms with Gasteiger partial charge in [0, 0.05) is 38.0 Å². The second kappa shape index (κ2) is 11.7. The third kappa shape index (κ3) is 7.23. The Labute approximate surface area is 195 Å². The lowest BCUT2D eigenvalue weighted by Crippen LogP contribution is -2.40. The number of nitrogens with one attached hydrogen (secondary N) is 2. The van der Waals surface area contributed by atoms with Gasteiger partial charge in [0.05, 0.1) is 12.2 Å². The topological polar surface area (TPSA) is 83.3 Å². The van der Waals surface area contributed by atoms with Crippen LogP contribution in [0.4, 0.5) is 0 Å². The number of hydrogen-bond donors (Lipinski definition) is 2. The van der Waals surface area contributed by atoms with Gasteiger partial charge in [-0.05, 0) is 62.0 Å². The molecule has 0 bridgehead atoms. The minimum Gasteiger partial charge on any atom is -0.360 e. The third-order valence-electron chi connectivity index (χ3n) is 6.23. The fraction of sp³-hybridized carbons (Fsp3) is 0.423. The minimum atomic E-state index is 0.0964. The molecule has 0 saturated carbocycles. The van der Waals surface area contributed by atoms with Crippen LogP contribution in [0.5, 0.6) is 0 Å². The first-order valence-electron chi connectivity index (χ1n) is 11.7. The summed E-state index contributed by atoms with van der Waals surface area (Å²) in [5.74, 6) is 1.67. The van der Waals surface area contributed by atoms with Gasteiger partial charge in [-0.15, -0.1) is 0 Å². The van der Waals surface area contributed by atoms with Gasteiger partial charge < -0.3 is 15.2 Å². The Morgan fingerprint density at radius 3 is 2.82 bits per heavy atom. The number of carbonyl (C=O) groups is 1. The molecule has 1 fully saturated rings. The fourth-order valence-electron chi connectivity index (χ4n) is 4.51. The van der Waals surface area contributed by atoms with Crippen LogP contribution < -0.4 is 10.6 Å². The van der Waals surface area contributed by atoms with Crippen LogP contribution in [0.2, 0.25) is 0 Å². The highest BCUT2D eigenvalue weighted by atomic mass is 16.5. The highest BCUT2D eigenvalue weighted by Crippen LogP contribution is 2.26. The van der Waals surface area contributed by atoms with Crippen molar-refractivity contribution in [2.24, 2.45) is 11.8 Å². The maximum Gasteiger partial charge on any atom is 0.220 e. The molecule has 0 radical (unpaired) electrons. The van der Waals surface area contributed by atoms with Crippen LogP contribution in [0.25, 0.3) is 0 Å². The van der Waals surface area contributed by atoms with Crippen LogP contribution >= 0.6 is 0 Å². The lowest BCUT2D eigenvalue weighted by molar-refractivity contribution is -0.122. The highest BCUT2D eigenvalue weighted by Gasteiger charge is 2.28. The summed E-state index contributed by atoms with van der Waals surface area (Å²) in [5.41, 5.74) is 3.25. The van der Waals surface area contributed by atoms with E-state index in [4.69, 9.17) is 4.52 Å². The van der Waals surface area contributed by atoms with Gasteiger partial charge in [-0.3, -0.25) is 14.7 Å². The zero-order valence-electron chi connectivity index (χ0n) is 19.2. The number of amides is 1. The van der Waals surface area contributed by atoms with Crippen molar-refractivity contribution in [3.8, 4) is 0 Å². The van der Waals surface area contributed by atoms with Gasteiger partial charge in [0.1, 0.15) is 0 Å². The standard InChI is InChI=1S/C26H33N5O2/c1-31(18-20-6-3-2-4-7-20)19-25-14-24(30-33-25)12-23-17-28-11-9-22(23)13-26(32)29-16-21-8-5-10-27-15-21/h2-8,10,14-15,22-23,28H,9,11-13,16-19H2,1H3,(H,29,32). The van der Waals surface area contributed by atoms with Crippen molar-refractivity contribution in [1.82, 2.24) is 25.7 Å². The van der Waals surface area contributed by atoms with Crippen molar-refractivity contribution in [2.45, 2.75) is 38.9 Å². The van der Waals surface area contributed by atoms with Crippen LogP contribution in [-0.4, -0.2) is 41.1 Å². The van der Waals surface area contributed by atoms with Gasteiger partial charge in [0.15, 0.2) is 5.76 Å². The molecule has 174 valence electrons. The summed E-state index contributed by atoms with van der Waals surface area (Å²) in [6, 6.07) is 16.3. The van der Waals surface area contributed by atoms with E-state index in [9.17, 15) is 4.79 Å². The first kappa shape index (κ1) is 23.1. The maximum atomic E-state index is 12.6. The number of nitrogens with zero attached hydrogens (tertiary/aromatic N) is 3. The lowest BCUT2D eigenvalue weighted by atomic mass is 9.81. The van der Waals surface area contributed by atoms with E-state index >= 15 is 0 Å². The molecule has 1 aliphatic heterocycles. The third-order valence-corrected chi connectivity index (χ3v) is 6.23. The number of carbonyl (C=O) groups excluding carboxylic acids is 1. The molecule has 7 nitrogen and oxygen atoms in total. The van der Waals surface area contributed by atoms with Gasteiger partial charge in [0.2, 0.25) is 5.91 Å². The molecule has 0 aliphatic carbocycles. The Morgan fingerprint density at radius 1 is 1.15 bits per heavy atom. The molecule has 1 aliphatic rings. The molecular weight excluding hydrogens is 414 g/mol. The average molecular weight is 448 g/mol. The van der Waals surface area contributed by atoms with Gasteiger partial charge >= 0.3 is 0 Å². The van der Waals surface area contributed by atoms with Crippen molar-refractivity contribution >= 4 is 5.91 Å². The zero-order chi connectivity index (χ0) is 22.9. The largest absolute Gasteiger partial charge is 0.360 e. The molecule has 3 aromatic rings. The first-order chi connectivity index (χ1) is 16.2. The molecule has 2 atom stereocenters. The van der Waals surface area contributed by atoms with E-state index in [-0.39, 0.29) is 5.91 Å². The predicted octanol–water partition coefficient (Wildman–Crippen LogP) is 3.18. The molecule has 0 spiro atoms. The number of hydrogen-bond acceptors (Lipinski definition) is 6. The smallest absolute Gasteiger partial charge is 0.220 e. The van der Waals surface area contributed by atoms with Crippen molar-refractivity contribution in [1.29, 1.82) is 0 Å². The van der Waals surface area contributed by atoms with Gasteiger partial charge in [-0.25, -0.2) is 0 Å². The van der Waals surface area contributed by atoms with E-state index in [1.54, 1.807) is 12.4 Å². The molecule has 2 N–H and O–H groups in total. The average Bonchev–Trinajstić information content (AvgIpc) is 3.27. The Morgan fingerprint density at radius 2 is 2.00 bits per heavy atom. The summed E-state index contributed by atoms with van der Waals surface area (Å²) in [4.78, 5) is 18.9. The molecule has 2 aromatic heterocycles. The molecular formula is C26H33N5O2. The summed E-state index contributed by atoms with van der Waals surface area (Å²) >= 11 is 0.